The summed E-state index contributed by atoms with van der Waals surface area (Å²) in [6.45, 7) is 3.83. The molecule has 1 heterocycles. The van der Waals surface area contributed by atoms with Crippen LogP contribution in [0.4, 0.5) is 18.3 Å². The smallest absolute Gasteiger partial charge is 0.356 e. The fourth-order valence-electron chi connectivity index (χ4n) is 0.582. The van der Waals surface area contributed by atoms with Gasteiger partial charge in [-0.05, 0) is 0 Å². The topological polar surface area (TPSA) is 37.8 Å². The van der Waals surface area contributed by atoms with E-state index in [1.807, 2.05) is 0 Å². The number of aromatic nitrogens is 2. The summed E-state index contributed by atoms with van der Waals surface area (Å²) in [6.07, 6.45) is -4.48. The van der Waals surface area contributed by atoms with Gasteiger partial charge >= 0.3 is 6.18 Å². The predicted molar refractivity (Wildman–Crippen MR) is 51.5 cm³/mol. The van der Waals surface area contributed by atoms with E-state index in [2.05, 4.69) is 37.2 Å². The van der Waals surface area contributed by atoms with Gasteiger partial charge in [-0.1, -0.05) is 22.5 Å². The lowest BCUT2D eigenvalue weighted by Crippen LogP contribution is -2.08. The van der Waals surface area contributed by atoms with Gasteiger partial charge in [0.1, 0.15) is 0 Å². The van der Waals surface area contributed by atoms with Crippen molar-refractivity contribution in [1.82, 2.24) is 9.36 Å². The molecule has 0 bridgehead atoms. The van der Waals surface area contributed by atoms with Crippen LogP contribution < -0.4 is 5.32 Å². The summed E-state index contributed by atoms with van der Waals surface area (Å²) >= 11 is 3.72. The molecule has 3 nitrogen and oxygen atoms in total. The second kappa shape index (κ2) is 4.26. The lowest BCUT2D eigenvalue weighted by atomic mass is 10.6. The van der Waals surface area contributed by atoms with Crippen molar-refractivity contribution in [2.24, 2.45) is 0 Å². The second-order valence-electron chi connectivity index (χ2n) is 2.29. The highest BCUT2D eigenvalue weighted by molar-refractivity contribution is 9.11. The van der Waals surface area contributed by atoms with Crippen LogP contribution in [0.2, 0.25) is 0 Å². The fourth-order valence-corrected chi connectivity index (χ4v) is 1.30. The van der Waals surface area contributed by atoms with Gasteiger partial charge in [0.2, 0.25) is 11.0 Å². The molecule has 0 atom stereocenters. The van der Waals surface area contributed by atoms with Crippen molar-refractivity contribution in [3.63, 3.8) is 0 Å². The van der Waals surface area contributed by atoms with E-state index in [0.29, 0.717) is 22.6 Å². The van der Waals surface area contributed by atoms with Crippen LogP contribution in [0.1, 0.15) is 5.82 Å². The van der Waals surface area contributed by atoms with Gasteiger partial charge in [-0.15, -0.1) is 0 Å². The molecule has 0 radical (unpaired) electrons. The SMILES string of the molecule is C=C(Br)CNc1nc(C(F)(F)F)ns1. The highest BCUT2D eigenvalue weighted by Gasteiger charge is 2.36. The first-order valence-electron chi connectivity index (χ1n) is 3.37. The summed E-state index contributed by atoms with van der Waals surface area (Å²) in [4.78, 5) is 3.26. The van der Waals surface area contributed by atoms with Gasteiger partial charge in [-0.25, -0.2) is 0 Å². The normalized spacial score (nSPS) is 11.4. The minimum absolute atomic E-state index is 0.123. The van der Waals surface area contributed by atoms with Gasteiger partial charge in [0.05, 0.1) is 0 Å². The first-order valence-corrected chi connectivity index (χ1v) is 4.94. The molecule has 1 aromatic heterocycles. The van der Waals surface area contributed by atoms with E-state index >= 15 is 0 Å². The molecule has 0 fully saturated rings. The Morgan fingerprint density at radius 1 is 1.57 bits per heavy atom. The van der Waals surface area contributed by atoms with E-state index < -0.39 is 12.0 Å². The van der Waals surface area contributed by atoms with E-state index in [1.165, 1.54) is 0 Å². The van der Waals surface area contributed by atoms with E-state index in [0.717, 1.165) is 0 Å². The molecule has 0 aliphatic rings. The van der Waals surface area contributed by atoms with Gasteiger partial charge in [0.15, 0.2) is 0 Å². The molecule has 0 spiro atoms. The van der Waals surface area contributed by atoms with Crippen molar-refractivity contribution >= 4 is 32.6 Å². The zero-order chi connectivity index (χ0) is 10.8. The first-order chi connectivity index (χ1) is 6.39. The Labute approximate surface area is 90.3 Å². The summed E-state index contributed by atoms with van der Waals surface area (Å²) in [5.74, 6) is -1.12. The Bertz CT molecular complexity index is 335. The average Bonchev–Trinajstić information content (AvgIpc) is 2.47. The molecular weight excluding hydrogens is 283 g/mol. The lowest BCUT2D eigenvalue weighted by Gasteiger charge is -1.99. The van der Waals surface area contributed by atoms with Gasteiger partial charge < -0.3 is 5.32 Å². The number of alkyl halides is 3. The zero-order valence-corrected chi connectivity index (χ0v) is 9.13. The molecule has 8 heteroatoms. The maximum atomic E-state index is 12.0. The Kier molecular flexibility index (Phi) is 3.48. The van der Waals surface area contributed by atoms with E-state index in [-0.39, 0.29) is 5.13 Å². The van der Waals surface area contributed by atoms with Crippen molar-refractivity contribution < 1.29 is 13.2 Å². The number of hydrogen-bond acceptors (Lipinski definition) is 4. The molecular formula is C6H5BrF3N3S. The summed E-state index contributed by atoms with van der Waals surface area (Å²) in [6, 6.07) is 0. The third-order valence-corrected chi connectivity index (χ3v) is 2.06. The first kappa shape index (κ1) is 11.4. The summed E-state index contributed by atoms with van der Waals surface area (Å²) in [5.41, 5.74) is 0. The molecule has 0 aromatic carbocycles. The molecule has 1 N–H and O–H groups in total. The fraction of sp³-hybridized carbons (Fsp3) is 0.333. The second-order valence-corrected chi connectivity index (χ2v) is 4.17. The van der Waals surface area contributed by atoms with Crippen molar-refractivity contribution in [2.45, 2.75) is 6.18 Å². The third-order valence-electron chi connectivity index (χ3n) is 1.11. The molecule has 0 saturated heterocycles. The Morgan fingerprint density at radius 2 is 2.21 bits per heavy atom. The zero-order valence-electron chi connectivity index (χ0n) is 6.73. The molecule has 1 rings (SSSR count). The van der Waals surface area contributed by atoms with E-state index in [4.69, 9.17) is 0 Å². The predicted octanol–water partition coefficient (Wildman–Crippen LogP) is 2.88. The van der Waals surface area contributed by atoms with E-state index in [9.17, 15) is 13.2 Å². The van der Waals surface area contributed by atoms with Gasteiger partial charge in [-0.3, -0.25) is 0 Å². The highest BCUT2D eigenvalue weighted by Crippen LogP contribution is 2.28. The molecule has 0 aliphatic heterocycles. The number of rotatable bonds is 3. The summed E-state index contributed by atoms with van der Waals surface area (Å²) < 4.78 is 39.9. The standard InChI is InChI=1S/C6H5BrF3N3S/c1-3(7)2-11-5-12-4(13-14-5)6(8,9)10/h1-2H2,(H,11,12,13). The minimum Gasteiger partial charge on any atom is -0.356 e. The van der Waals surface area contributed by atoms with Crippen LogP contribution in [0, 0.1) is 0 Å². The number of hydrogen-bond donors (Lipinski definition) is 1. The third kappa shape index (κ3) is 3.26. The van der Waals surface area contributed by atoms with Gasteiger partial charge in [-0.2, -0.15) is 22.5 Å². The maximum absolute atomic E-state index is 12.0. The van der Waals surface area contributed by atoms with Gasteiger partial charge in [0, 0.05) is 22.6 Å². The van der Waals surface area contributed by atoms with Crippen LogP contribution in [0.3, 0.4) is 0 Å². The van der Waals surface area contributed by atoms with Crippen LogP contribution in [0.25, 0.3) is 0 Å². The quantitative estimate of drug-likeness (QED) is 0.929. The van der Waals surface area contributed by atoms with Crippen LogP contribution in [0.15, 0.2) is 11.1 Å². The van der Waals surface area contributed by atoms with Crippen molar-refractivity contribution in [1.29, 1.82) is 0 Å². The molecule has 0 unspecified atom stereocenters. The van der Waals surface area contributed by atoms with Crippen LogP contribution >= 0.6 is 27.5 Å². The lowest BCUT2D eigenvalue weighted by molar-refractivity contribution is -0.144. The average molecular weight is 288 g/mol. The number of nitrogens with zero attached hydrogens (tertiary/aromatic N) is 2. The Morgan fingerprint density at radius 3 is 2.64 bits per heavy atom. The van der Waals surface area contributed by atoms with E-state index in [1.54, 1.807) is 0 Å². The molecule has 1 aromatic rings. The molecule has 0 aliphatic carbocycles. The molecule has 0 saturated carbocycles. The van der Waals surface area contributed by atoms with Crippen molar-refractivity contribution in [2.75, 3.05) is 11.9 Å². The van der Waals surface area contributed by atoms with Crippen molar-refractivity contribution in [3.05, 3.63) is 16.9 Å². The monoisotopic (exact) mass is 287 g/mol. The maximum Gasteiger partial charge on any atom is 0.452 e. The van der Waals surface area contributed by atoms with Crippen LogP contribution in [-0.4, -0.2) is 15.9 Å². The number of nitrogens with one attached hydrogen (secondary N) is 1. The van der Waals surface area contributed by atoms with Crippen LogP contribution in [-0.2, 0) is 6.18 Å². The highest BCUT2D eigenvalue weighted by atomic mass is 79.9. The minimum atomic E-state index is -4.48. The molecule has 0 amide bonds. The summed E-state index contributed by atoms with van der Waals surface area (Å²) in [7, 11) is 0. The largest absolute Gasteiger partial charge is 0.452 e. The van der Waals surface area contributed by atoms with Crippen LogP contribution in [0.5, 0.6) is 0 Å². The number of anilines is 1. The molecule has 14 heavy (non-hydrogen) atoms. The Balaban J connectivity index is 2.64. The Hall–Kier alpha value is -0.630. The van der Waals surface area contributed by atoms with Gasteiger partial charge in [0.25, 0.3) is 0 Å². The summed E-state index contributed by atoms with van der Waals surface area (Å²) in [5, 5.41) is 2.76. The van der Waals surface area contributed by atoms with Crippen molar-refractivity contribution in [3.8, 4) is 0 Å². The number of halogens is 4. The molecule has 78 valence electrons.